The Morgan fingerprint density at radius 2 is 2.04 bits per heavy atom. The minimum Gasteiger partial charge on any atom is -0.494 e. The summed E-state index contributed by atoms with van der Waals surface area (Å²) in [5.74, 6) is 2.23. The summed E-state index contributed by atoms with van der Waals surface area (Å²) in [7, 11) is 0. The van der Waals surface area contributed by atoms with Crippen LogP contribution in [-0.2, 0) is 11.2 Å². The van der Waals surface area contributed by atoms with E-state index in [2.05, 4.69) is 29.3 Å². The van der Waals surface area contributed by atoms with Crippen LogP contribution in [0.5, 0.6) is 5.75 Å². The van der Waals surface area contributed by atoms with E-state index in [4.69, 9.17) is 9.26 Å². The first-order valence-corrected chi connectivity index (χ1v) is 7.91. The Morgan fingerprint density at radius 1 is 1.30 bits per heavy atom. The number of aromatic nitrogens is 2. The summed E-state index contributed by atoms with van der Waals surface area (Å²) in [6.45, 7) is 7.37. The zero-order valence-corrected chi connectivity index (χ0v) is 13.8. The summed E-state index contributed by atoms with van der Waals surface area (Å²) < 4.78 is 10.6. The van der Waals surface area contributed by atoms with Crippen LogP contribution < -0.4 is 10.1 Å². The van der Waals surface area contributed by atoms with E-state index >= 15 is 0 Å². The van der Waals surface area contributed by atoms with Gasteiger partial charge >= 0.3 is 0 Å². The quantitative estimate of drug-likeness (QED) is 0.810. The predicted octanol–water partition coefficient (Wildman–Crippen LogP) is 2.84. The lowest BCUT2D eigenvalue weighted by atomic mass is 10.2. The van der Waals surface area contributed by atoms with E-state index in [1.165, 1.54) is 0 Å². The van der Waals surface area contributed by atoms with Crippen molar-refractivity contribution in [2.24, 2.45) is 5.92 Å². The third kappa shape index (κ3) is 5.39. The Balaban J connectivity index is 1.88. The molecule has 1 amide bonds. The van der Waals surface area contributed by atoms with Crippen molar-refractivity contribution < 1.29 is 14.1 Å². The lowest BCUT2D eigenvalue weighted by molar-refractivity contribution is -0.121. The van der Waals surface area contributed by atoms with E-state index < -0.39 is 0 Å². The van der Waals surface area contributed by atoms with Crippen molar-refractivity contribution in [3.05, 3.63) is 30.2 Å². The summed E-state index contributed by atoms with van der Waals surface area (Å²) in [6, 6.07) is 7.51. The molecule has 0 aliphatic carbocycles. The van der Waals surface area contributed by atoms with Crippen molar-refractivity contribution in [3.8, 4) is 17.1 Å². The molecule has 0 spiro atoms. The molecule has 0 fully saturated rings. The molecule has 0 bridgehead atoms. The molecule has 1 aromatic carbocycles. The summed E-state index contributed by atoms with van der Waals surface area (Å²) in [4.78, 5) is 16.0. The SMILES string of the molecule is CCOc1ccc(-c2noc(CCC(=O)NCC(C)C)n2)cc1. The van der Waals surface area contributed by atoms with Crippen molar-refractivity contribution in [1.29, 1.82) is 0 Å². The van der Waals surface area contributed by atoms with Crippen LogP contribution in [0.25, 0.3) is 11.4 Å². The van der Waals surface area contributed by atoms with Gasteiger partial charge in [0.1, 0.15) is 5.75 Å². The minimum atomic E-state index is -0.000447. The van der Waals surface area contributed by atoms with Gasteiger partial charge in [0.05, 0.1) is 6.61 Å². The minimum absolute atomic E-state index is 0.000447. The number of ether oxygens (including phenoxy) is 1. The first-order valence-electron chi connectivity index (χ1n) is 7.91. The van der Waals surface area contributed by atoms with Crippen LogP contribution in [-0.4, -0.2) is 29.2 Å². The van der Waals surface area contributed by atoms with Crippen LogP contribution >= 0.6 is 0 Å². The fraction of sp³-hybridized carbons (Fsp3) is 0.471. The van der Waals surface area contributed by atoms with Crippen LogP contribution in [0.2, 0.25) is 0 Å². The van der Waals surface area contributed by atoms with E-state index in [9.17, 15) is 4.79 Å². The zero-order valence-electron chi connectivity index (χ0n) is 13.8. The average molecular weight is 317 g/mol. The molecule has 23 heavy (non-hydrogen) atoms. The Hall–Kier alpha value is -2.37. The van der Waals surface area contributed by atoms with Gasteiger partial charge in [-0.15, -0.1) is 0 Å². The Kier molecular flexibility index (Phi) is 6.14. The van der Waals surface area contributed by atoms with E-state index in [-0.39, 0.29) is 5.91 Å². The molecule has 124 valence electrons. The lowest BCUT2D eigenvalue weighted by Gasteiger charge is -2.06. The number of benzene rings is 1. The molecule has 6 nitrogen and oxygen atoms in total. The smallest absolute Gasteiger partial charge is 0.227 e. The number of carbonyl (C=O) groups excluding carboxylic acids is 1. The Labute approximate surface area is 136 Å². The number of aryl methyl sites for hydroxylation is 1. The molecular weight excluding hydrogens is 294 g/mol. The van der Waals surface area contributed by atoms with Gasteiger partial charge in [-0.1, -0.05) is 19.0 Å². The number of amides is 1. The molecule has 0 aliphatic heterocycles. The van der Waals surface area contributed by atoms with Crippen molar-refractivity contribution in [1.82, 2.24) is 15.5 Å². The summed E-state index contributed by atoms with van der Waals surface area (Å²) in [5, 5.41) is 6.82. The highest BCUT2D eigenvalue weighted by Gasteiger charge is 2.11. The third-order valence-corrected chi connectivity index (χ3v) is 3.17. The molecule has 2 aromatic rings. The second kappa shape index (κ2) is 8.31. The molecule has 2 rings (SSSR count). The summed E-state index contributed by atoms with van der Waals surface area (Å²) in [5.41, 5.74) is 0.854. The number of nitrogens with one attached hydrogen (secondary N) is 1. The molecule has 0 saturated heterocycles. The highest BCUT2D eigenvalue weighted by atomic mass is 16.5. The highest BCUT2D eigenvalue weighted by molar-refractivity contribution is 5.76. The number of hydrogen-bond donors (Lipinski definition) is 1. The van der Waals surface area contributed by atoms with Gasteiger partial charge in [0.25, 0.3) is 0 Å². The van der Waals surface area contributed by atoms with Gasteiger partial charge in [-0.25, -0.2) is 0 Å². The Morgan fingerprint density at radius 3 is 2.70 bits per heavy atom. The summed E-state index contributed by atoms with van der Waals surface area (Å²) >= 11 is 0. The predicted molar refractivity (Wildman–Crippen MR) is 87.1 cm³/mol. The molecule has 6 heteroatoms. The van der Waals surface area contributed by atoms with Crippen molar-refractivity contribution in [2.45, 2.75) is 33.6 Å². The maximum absolute atomic E-state index is 11.7. The van der Waals surface area contributed by atoms with Gasteiger partial charge in [-0.3, -0.25) is 4.79 Å². The van der Waals surface area contributed by atoms with Crippen LogP contribution in [0.15, 0.2) is 28.8 Å². The number of hydrogen-bond acceptors (Lipinski definition) is 5. The maximum Gasteiger partial charge on any atom is 0.227 e. The highest BCUT2D eigenvalue weighted by Crippen LogP contribution is 2.20. The van der Waals surface area contributed by atoms with Crippen molar-refractivity contribution in [3.63, 3.8) is 0 Å². The van der Waals surface area contributed by atoms with Gasteiger partial charge in [0, 0.05) is 24.9 Å². The van der Waals surface area contributed by atoms with E-state index in [0.717, 1.165) is 11.3 Å². The standard InChI is InChI=1S/C17H23N3O3/c1-4-22-14-7-5-13(6-8-14)17-19-16(23-20-17)10-9-15(21)18-11-12(2)3/h5-8,12H,4,9-11H2,1-3H3,(H,18,21). The topological polar surface area (TPSA) is 77.2 Å². The molecule has 0 aliphatic rings. The molecular formula is C17H23N3O3. The maximum atomic E-state index is 11.7. The lowest BCUT2D eigenvalue weighted by Crippen LogP contribution is -2.27. The first-order chi connectivity index (χ1) is 11.1. The number of rotatable bonds is 8. The number of carbonyl (C=O) groups is 1. The van der Waals surface area contributed by atoms with Gasteiger partial charge in [0.15, 0.2) is 0 Å². The van der Waals surface area contributed by atoms with Crippen LogP contribution in [0.1, 0.15) is 33.1 Å². The molecule has 1 heterocycles. The monoisotopic (exact) mass is 317 g/mol. The normalized spacial score (nSPS) is 10.8. The van der Waals surface area contributed by atoms with Crippen LogP contribution in [0.4, 0.5) is 0 Å². The van der Waals surface area contributed by atoms with Crippen molar-refractivity contribution >= 4 is 5.91 Å². The average Bonchev–Trinajstić information content (AvgIpc) is 3.01. The second-order valence-corrected chi connectivity index (χ2v) is 5.67. The van der Waals surface area contributed by atoms with Crippen LogP contribution in [0.3, 0.4) is 0 Å². The zero-order chi connectivity index (χ0) is 16.7. The van der Waals surface area contributed by atoms with Gasteiger partial charge in [-0.05, 0) is 37.1 Å². The third-order valence-electron chi connectivity index (χ3n) is 3.17. The molecule has 0 unspecified atom stereocenters. The van der Waals surface area contributed by atoms with Gasteiger partial charge < -0.3 is 14.6 Å². The molecule has 0 saturated carbocycles. The summed E-state index contributed by atoms with van der Waals surface area (Å²) in [6.07, 6.45) is 0.783. The van der Waals surface area contributed by atoms with E-state index in [1.807, 2.05) is 31.2 Å². The fourth-order valence-electron chi connectivity index (χ4n) is 1.97. The molecule has 0 radical (unpaired) electrons. The van der Waals surface area contributed by atoms with Gasteiger partial charge in [-0.2, -0.15) is 4.98 Å². The van der Waals surface area contributed by atoms with Gasteiger partial charge in [0.2, 0.25) is 17.6 Å². The molecule has 1 N–H and O–H groups in total. The van der Waals surface area contributed by atoms with Crippen molar-refractivity contribution in [2.75, 3.05) is 13.2 Å². The Bertz CT molecular complexity index is 620. The van der Waals surface area contributed by atoms with E-state index in [0.29, 0.717) is 43.6 Å². The second-order valence-electron chi connectivity index (χ2n) is 5.67. The number of nitrogens with zero attached hydrogens (tertiary/aromatic N) is 2. The fourth-order valence-corrected chi connectivity index (χ4v) is 1.97. The first kappa shape index (κ1) is 17.0. The largest absolute Gasteiger partial charge is 0.494 e. The molecule has 0 atom stereocenters. The van der Waals surface area contributed by atoms with E-state index in [1.54, 1.807) is 0 Å². The van der Waals surface area contributed by atoms with Crippen LogP contribution in [0, 0.1) is 5.92 Å². The molecule has 1 aromatic heterocycles.